The van der Waals surface area contributed by atoms with E-state index >= 15 is 0 Å². The molecular weight excluding hydrogens is 150 g/mol. The van der Waals surface area contributed by atoms with Gasteiger partial charge in [-0.15, -0.1) is 0 Å². The first-order valence-electron chi connectivity index (χ1n) is 4.73. The summed E-state index contributed by atoms with van der Waals surface area (Å²) < 4.78 is 0. The minimum atomic E-state index is 0.300. The van der Waals surface area contributed by atoms with Crippen LogP contribution in [0.2, 0.25) is 0 Å². The molecule has 2 rings (SSSR count). The van der Waals surface area contributed by atoms with Gasteiger partial charge in [0.25, 0.3) is 0 Å². The van der Waals surface area contributed by atoms with Crippen LogP contribution >= 0.6 is 0 Å². The van der Waals surface area contributed by atoms with E-state index in [9.17, 15) is 4.79 Å². The first-order valence-corrected chi connectivity index (χ1v) is 4.73. The first kappa shape index (κ1) is 7.84. The Morgan fingerprint density at radius 2 is 2.17 bits per heavy atom. The van der Waals surface area contributed by atoms with Crippen molar-refractivity contribution in [2.45, 2.75) is 31.7 Å². The molecule has 1 aliphatic heterocycles. The molecule has 0 N–H and O–H groups in total. The monoisotopic (exact) mass is 165 g/mol. The molecule has 0 radical (unpaired) electrons. The molecule has 12 heavy (non-hydrogen) atoms. The van der Waals surface area contributed by atoms with E-state index in [1.54, 1.807) is 6.08 Å². The van der Waals surface area contributed by atoms with Crippen LogP contribution in [0.25, 0.3) is 0 Å². The minimum Gasteiger partial charge on any atom is -0.377 e. The molecule has 1 heterocycles. The molecule has 0 bridgehead atoms. The number of hydrogen-bond donors (Lipinski definition) is 0. The fourth-order valence-electron chi connectivity index (χ4n) is 2.36. The summed E-state index contributed by atoms with van der Waals surface area (Å²) >= 11 is 0. The van der Waals surface area contributed by atoms with Crippen molar-refractivity contribution in [3.63, 3.8) is 0 Å². The number of hydrogen-bond acceptors (Lipinski definition) is 2. The van der Waals surface area contributed by atoms with Crippen LogP contribution in [0.5, 0.6) is 0 Å². The van der Waals surface area contributed by atoms with Crippen LogP contribution in [-0.4, -0.2) is 23.8 Å². The lowest BCUT2D eigenvalue weighted by atomic mass is 9.79. The van der Waals surface area contributed by atoms with Crippen LogP contribution in [0.15, 0.2) is 12.3 Å². The average Bonchev–Trinajstić information content (AvgIpc) is 2.12. The fraction of sp³-hybridized carbons (Fsp3) is 0.700. The van der Waals surface area contributed by atoms with E-state index < -0.39 is 0 Å². The normalized spacial score (nSPS) is 35.1. The highest BCUT2D eigenvalue weighted by molar-refractivity contribution is 5.93. The molecule has 0 aromatic rings. The van der Waals surface area contributed by atoms with Gasteiger partial charge < -0.3 is 4.90 Å². The third-order valence-corrected chi connectivity index (χ3v) is 3.09. The van der Waals surface area contributed by atoms with Gasteiger partial charge in [-0.25, -0.2) is 0 Å². The van der Waals surface area contributed by atoms with Crippen LogP contribution in [-0.2, 0) is 4.79 Å². The highest BCUT2D eigenvalue weighted by Crippen LogP contribution is 2.31. The number of fused-ring (bicyclic) bond motifs is 1. The van der Waals surface area contributed by atoms with Gasteiger partial charge in [0.2, 0.25) is 0 Å². The molecule has 2 nitrogen and oxygen atoms in total. The molecule has 0 unspecified atom stereocenters. The average molecular weight is 165 g/mol. The van der Waals surface area contributed by atoms with E-state index in [2.05, 4.69) is 11.9 Å². The second kappa shape index (κ2) is 2.92. The molecule has 1 aliphatic carbocycles. The van der Waals surface area contributed by atoms with Crippen molar-refractivity contribution in [3.8, 4) is 0 Å². The van der Waals surface area contributed by atoms with E-state index in [0.29, 0.717) is 17.7 Å². The number of nitrogens with zero attached hydrogens (tertiary/aromatic N) is 1. The van der Waals surface area contributed by atoms with Crippen LogP contribution in [0.1, 0.15) is 25.7 Å². The third-order valence-electron chi connectivity index (χ3n) is 3.09. The van der Waals surface area contributed by atoms with Crippen molar-refractivity contribution in [2.75, 3.05) is 7.05 Å². The summed E-state index contributed by atoms with van der Waals surface area (Å²) in [5.41, 5.74) is 0. The zero-order valence-corrected chi connectivity index (χ0v) is 7.49. The second-order valence-electron chi connectivity index (χ2n) is 3.84. The van der Waals surface area contributed by atoms with Gasteiger partial charge >= 0.3 is 0 Å². The molecule has 0 amide bonds. The Morgan fingerprint density at radius 3 is 2.92 bits per heavy atom. The quantitative estimate of drug-likeness (QED) is 0.543. The highest BCUT2D eigenvalue weighted by atomic mass is 16.1. The summed E-state index contributed by atoms with van der Waals surface area (Å²) in [6, 6.07) is 0.497. The number of rotatable bonds is 0. The first-order chi connectivity index (χ1) is 5.79. The second-order valence-corrected chi connectivity index (χ2v) is 3.84. The van der Waals surface area contributed by atoms with Crippen molar-refractivity contribution in [3.05, 3.63) is 12.3 Å². The standard InChI is InChI=1S/C10H15NO/c1-11-7-6-10(12)8-4-2-3-5-9(8)11/h6-9H,2-5H2,1H3/t8-,9-/m0/s1. The largest absolute Gasteiger partial charge is 0.377 e. The van der Waals surface area contributed by atoms with E-state index in [1.807, 2.05) is 6.20 Å². The lowest BCUT2D eigenvalue weighted by Gasteiger charge is -2.38. The molecule has 0 aromatic carbocycles. The lowest BCUT2D eigenvalue weighted by Crippen LogP contribution is -2.43. The molecule has 0 spiro atoms. The van der Waals surface area contributed by atoms with Gasteiger partial charge in [-0.3, -0.25) is 4.79 Å². The maximum atomic E-state index is 11.5. The summed E-state index contributed by atoms with van der Waals surface area (Å²) in [4.78, 5) is 13.7. The van der Waals surface area contributed by atoms with E-state index in [-0.39, 0.29) is 0 Å². The predicted octanol–water partition coefficient (Wildman–Crippen LogP) is 1.57. The Morgan fingerprint density at radius 1 is 1.42 bits per heavy atom. The van der Waals surface area contributed by atoms with Crippen molar-refractivity contribution in [2.24, 2.45) is 5.92 Å². The Hall–Kier alpha value is -0.790. The predicted molar refractivity (Wildman–Crippen MR) is 47.7 cm³/mol. The Labute approximate surface area is 73.2 Å². The van der Waals surface area contributed by atoms with Crippen LogP contribution < -0.4 is 0 Å². The zero-order valence-electron chi connectivity index (χ0n) is 7.49. The van der Waals surface area contributed by atoms with Gasteiger partial charge in [0.1, 0.15) is 0 Å². The summed E-state index contributed by atoms with van der Waals surface area (Å²) in [7, 11) is 2.08. The van der Waals surface area contributed by atoms with Gasteiger partial charge in [0.05, 0.1) is 0 Å². The van der Waals surface area contributed by atoms with Gasteiger partial charge in [0, 0.05) is 25.2 Å². The molecule has 2 aliphatic rings. The SMILES string of the molecule is CN1C=CC(=O)[C@H]2CCCC[C@@H]21. The van der Waals surface area contributed by atoms with Gasteiger partial charge in [0.15, 0.2) is 5.78 Å². The molecule has 66 valence electrons. The van der Waals surface area contributed by atoms with Crippen LogP contribution in [0.4, 0.5) is 0 Å². The Bertz CT molecular complexity index is 222. The molecule has 1 fully saturated rings. The number of carbonyl (C=O) groups excluding carboxylic acids is 1. The number of carbonyl (C=O) groups is 1. The number of ketones is 1. The van der Waals surface area contributed by atoms with Crippen molar-refractivity contribution in [1.29, 1.82) is 0 Å². The van der Waals surface area contributed by atoms with Crippen LogP contribution in [0.3, 0.4) is 0 Å². The molecule has 0 aromatic heterocycles. The topological polar surface area (TPSA) is 20.3 Å². The summed E-state index contributed by atoms with van der Waals surface area (Å²) in [5.74, 6) is 0.645. The molecule has 0 saturated heterocycles. The van der Waals surface area contributed by atoms with E-state index in [4.69, 9.17) is 0 Å². The Balaban J connectivity index is 2.20. The highest BCUT2D eigenvalue weighted by Gasteiger charge is 2.33. The van der Waals surface area contributed by atoms with E-state index in [1.165, 1.54) is 19.3 Å². The maximum absolute atomic E-state index is 11.5. The molecule has 1 saturated carbocycles. The lowest BCUT2D eigenvalue weighted by molar-refractivity contribution is -0.122. The molecular formula is C10H15NO. The van der Waals surface area contributed by atoms with E-state index in [0.717, 1.165) is 6.42 Å². The van der Waals surface area contributed by atoms with Crippen LogP contribution in [0, 0.1) is 5.92 Å². The van der Waals surface area contributed by atoms with Crippen molar-refractivity contribution >= 4 is 5.78 Å². The maximum Gasteiger partial charge on any atom is 0.162 e. The summed E-state index contributed by atoms with van der Waals surface area (Å²) in [5, 5.41) is 0. The summed E-state index contributed by atoms with van der Waals surface area (Å²) in [6.07, 6.45) is 8.46. The van der Waals surface area contributed by atoms with Crippen molar-refractivity contribution in [1.82, 2.24) is 4.90 Å². The molecule has 2 atom stereocenters. The third kappa shape index (κ3) is 1.15. The van der Waals surface area contributed by atoms with Crippen molar-refractivity contribution < 1.29 is 4.79 Å². The smallest absolute Gasteiger partial charge is 0.162 e. The summed E-state index contributed by atoms with van der Waals surface area (Å²) in [6.45, 7) is 0. The minimum absolute atomic E-state index is 0.300. The Kier molecular flexibility index (Phi) is 1.91. The molecule has 2 heteroatoms. The number of allylic oxidation sites excluding steroid dienone is 1. The van der Waals surface area contributed by atoms with Gasteiger partial charge in [-0.05, 0) is 18.9 Å². The zero-order chi connectivity index (χ0) is 8.55. The fourth-order valence-corrected chi connectivity index (χ4v) is 2.36. The van der Waals surface area contributed by atoms with Gasteiger partial charge in [-0.2, -0.15) is 0 Å². The van der Waals surface area contributed by atoms with Gasteiger partial charge in [-0.1, -0.05) is 12.8 Å².